The number of nitrogens with one attached hydrogen (secondary N) is 2. The lowest BCUT2D eigenvalue weighted by atomic mass is 10.1. The Kier molecular flexibility index (Phi) is 4.47. The van der Waals surface area contributed by atoms with Gasteiger partial charge in [-0.2, -0.15) is 5.10 Å². The Morgan fingerprint density at radius 1 is 1.19 bits per heavy atom. The van der Waals surface area contributed by atoms with Crippen molar-refractivity contribution in [1.29, 1.82) is 0 Å². The van der Waals surface area contributed by atoms with Crippen LogP contribution in [-0.2, 0) is 4.79 Å². The van der Waals surface area contributed by atoms with E-state index in [1.807, 2.05) is 45.0 Å². The van der Waals surface area contributed by atoms with E-state index in [4.69, 9.17) is 0 Å². The molecule has 1 unspecified atom stereocenters. The van der Waals surface area contributed by atoms with E-state index in [1.165, 1.54) is 6.92 Å². The first kappa shape index (κ1) is 14.9. The Labute approximate surface area is 124 Å². The molecule has 1 atom stereocenters. The van der Waals surface area contributed by atoms with Crippen molar-refractivity contribution in [2.75, 3.05) is 10.6 Å². The number of carbonyl (C=O) groups is 1. The van der Waals surface area contributed by atoms with E-state index in [-0.39, 0.29) is 11.9 Å². The lowest BCUT2D eigenvalue weighted by Gasteiger charge is -2.15. The second kappa shape index (κ2) is 6.30. The fourth-order valence-electron chi connectivity index (χ4n) is 1.88. The summed E-state index contributed by atoms with van der Waals surface area (Å²) >= 11 is 0. The fraction of sp³-hybridized carbons (Fsp3) is 0.333. The predicted molar refractivity (Wildman–Crippen MR) is 82.1 cm³/mol. The van der Waals surface area contributed by atoms with Crippen LogP contribution in [0.25, 0.3) is 0 Å². The van der Waals surface area contributed by atoms with Gasteiger partial charge in [0, 0.05) is 12.6 Å². The molecule has 21 heavy (non-hydrogen) atoms. The number of hydrogen-bond donors (Lipinski definition) is 2. The van der Waals surface area contributed by atoms with Crippen molar-refractivity contribution < 1.29 is 4.79 Å². The van der Waals surface area contributed by atoms with Gasteiger partial charge < -0.3 is 10.6 Å². The van der Waals surface area contributed by atoms with Crippen LogP contribution < -0.4 is 10.6 Å². The van der Waals surface area contributed by atoms with Crippen LogP contribution in [0.4, 0.5) is 11.6 Å². The topological polar surface area (TPSA) is 79.8 Å². The number of anilines is 2. The number of nitrogens with zero attached hydrogens (tertiary/aromatic N) is 3. The van der Waals surface area contributed by atoms with Gasteiger partial charge in [-0.3, -0.25) is 4.79 Å². The average Bonchev–Trinajstić information content (AvgIpc) is 2.42. The minimum Gasteiger partial charge on any atom is -0.346 e. The maximum Gasteiger partial charge on any atom is 0.243 e. The van der Waals surface area contributed by atoms with Crippen molar-refractivity contribution in [2.24, 2.45) is 0 Å². The number of carbonyl (C=O) groups excluding carboxylic acids is 1. The summed E-state index contributed by atoms with van der Waals surface area (Å²) in [4.78, 5) is 15.5. The van der Waals surface area contributed by atoms with Crippen molar-refractivity contribution in [3.8, 4) is 0 Å². The Bertz CT molecular complexity index is 656. The quantitative estimate of drug-likeness (QED) is 0.902. The molecule has 0 bridgehead atoms. The van der Waals surface area contributed by atoms with Gasteiger partial charge in [0.05, 0.1) is 17.4 Å². The Balaban J connectivity index is 2.14. The zero-order valence-corrected chi connectivity index (χ0v) is 12.6. The average molecular weight is 285 g/mol. The SMILES string of the molecule is CC(=O)Nc1cccc(C(C)Nc2nnc(C)c(C)n2)c1. The summed E-state index contributed by atoms with van der Waals surface area (Å²) in [5.74, 6) is 0.407. The van der Waals surface area contributed by atoms with Crippen LogP contribution >= 0.6 is 0 Å². The highest BCUT2D eigenvalue weighted by Crippen LogP contribution is 2.20. The number of aromatic nitrogens is 3. The first-order valence-corrected chi connectivity index (χ1v) is 6.77. The minimum absolute atomic E-state index is 0.00242. The van der Waals surface area contributed by atoms with Crippen LogP contribution in [0, 0.1) is 13.8 Å². The maximum absolute atomic E-state index is 11.1. The van der Waals surface area contributed by atoms with Crippen molar-refractivity contribution in [1.82, 2.24) is 15.2 Å². The van der Waals surface area contributed by atoms with Crippen LogP contribution in [-0.4, -0.2) is 21.1 Å². The van der Waals surface area contributed by atoms with Crippen molar-refractivity contribution >= 4 is 17.5 Å². The molecule has 1 heterocycles. The van der Waals surface area contributed by atoms with Crippen molar-refractivity contribution in [2.45, 2.75) is 33.7 Å². The highest BCUT2D eigenvalue weighted by molar-refractivity contribution is 5.88. The molecule has 0 saturated heterocycles. The standard InChI is InChI=1S/C15H19N5O/c1-9-10(2)19-20-15(16-9)17-11(3)13-6-5-7-14(8-13)18-12(4)21/h5-8,11H,1-4H3,(H,18,21)(H,16,17,20). The summed E-state index contributed by atoms with van der Waals surface area (Å²) in [6, 6.07) is 7.66. The smallest absolute Gasteiger partial charge is 0.243 e. The van der Waals surface area contributed by atoms with E-state index >= 15 is 0 Å². The second-order valence-corrected chi connectivity index (χ2v) is 4.98. The van der Waals surface area contributed by atoms with E-state index in [2.05, 4.69) is 25.8 Å². The largest absolute Gasteiger partial charge is 0.346 e. The molecule has 2 N–H and O–H groups in total. The van der Waals surface area contributed by atoms with E-state index < -0.39 is 0 Å². The normalized spacial score (nSPS) is 11.8. The van der Waals surface area contributed by atoms with Gasteiger partial charge in [-0.05, 0) is 38.5 Å². The number of amides is 1. The van der Waals surface area contributed by atoms with Gasteiger partial charge in [-0.1, -0.05) is 12.1 Å². The Morgan fingerprint density at radius 2 is 1.95 bits per heavy atom. The van der Waals surface area contributed by atoms with Crippen LogP contribution in [0.15, 0.2) is 24.3 Å². The van der Waals surface area contributed by atoms with E-state index in [9.17, 15) is 4.79 Å². The molecule has 6 heteroatoms. The first-order chi connectivity index (χ1) is 9.95. The molecule has 0 aliphatic carbocycles. The molecule has 0 radical (unpaired) electrons. The Morgan fingerprint density at radius 3 is 2.62 bits per heavy atom. The van der Waals surface area contributed by atoms with Gasteiger partial charge in [-0.15, -0.1) is 5.10 Å². The van der Waals surface area contributed by atoms with E-state index in [0.717, 1.165) is 22.6 Å². The molecule has 6 nitrogen and oxygen atoms in total. The molecule has 0 aliphatic heterocycles. The van der Waals surface area contributed by atoms with Crippen LogP contribution in [0.5, 0.6) is 0 Å². The van der Waals surface area contributed by atoms with Crippen molar-refractivity contribution in [3.05, 3.63) is 41.2 Å². The molecular weight excluding hydrogens is 266 g/mol. The zero-order valence-electron chi connectivity index (χ0n) is 12.6. The molecular formula is C15H19N5O. The summed E-state index contributed by atoms with van der Waals surface area (Å²) in [6.45, 7) is 7.27. The third-order valence-electron chi connectivity index (χ3n) is 3.14. The van der Waals surface area contributed by atoms with E-state index in [1.54, 1.807) is 0 Å². The summed E-state index contributed by atoms with van der Waals surface area (Å²) < 4.78 is 0. The third kappa shape index (κ3) is 3.98. The molecule has 0 spiro atoms. The number of benzene rings is 1. The number of hydrogen-bond acceptors (Lipinski definition) is 5. The summed E-state index contributed by atoms with van der Waals surface area (Å²) in [5.41, 5.74) is 3.48. The highest BCUT2D eigenvalue weighted by atomic mass is 16.1. The molecule has 2 rings (SSSR count). The van der Waals surface area contributed by atoms with Gasteiger partial charge in [0.1, 0.15) is 0 Å². The second-order valence-electron chi connectivity index (χ2n) is 4.98. The number of aryl methyl sites for hydroxylation is 2. The maximum atomic E-state index is 11.1. The van der Waals surface area contributed by atoms with Gasteiger partial charge in [0.15, 0.2) is 0 Å². The van der Waals surface area contributed by atoms with Gasteiger partial charge in [0.2, 0.25) is 11.9 Å². The lowest BCUT2D eigenvalue weighted by molar-refractivity contribution is -0.114. The van der Waals surface area contributed by atoms with Crippen LogP contribution in [0.2, 0.25) is 0 Å². The molecule has 0 saturated carbocycles. The van der Waals surface area contributed by atoms with Gasteiger partial charge in [0.25, 0.3) is 0 Å². The van der Waals surface area contributed by atoms with Crippen molar-refractivity contribution in [3.63, 3.8) is 0 Å². The Hall–Kier alpha value is -2.50. The highest BCUT2D eigenvalue weighted by Gasteiger charge is 2.09. The molecule has 1 aromatic carbocycles. The summed E-state index contributed by atoms with van der Waals surface area (Å²) in [7, 11) is 0. The lowest BCUT2D eigenvalue weighted by Crippen LogP contribution is -2.12. The predicted octanol–water partition coefficient (Wildman–Crippen LogP) is 2.62. The summed E-state index contributed by atoms with van der Waals surface area (Å²) in [6.07, 6.45) is 0. The third-order valence-corrected chi connectivity index (χ3v) is 3.14. The molecule has 1 amide bonds. The number of rotatable bonds is 4. The van der Waals surface area contributed by atoms with Gasteiger partial charge in [-0.25, -0.2) is 4.98 Å². The molecule has 110 valence electrons. The minimum atomic E-state index is -0.0885. The molecule has 1 aromatic heterocycles. The molecule has 0 fully saturated rings. The molecule has 0 aliphatic rings. The fourth-order valence-corrected chi connectivity index (χ4v) is 1.88. The monoisotopic (exact) mass is 285 g/mol. The van der Waals surface area contributed by atoms with E-state index in [0.29, 0.717) is 5.95 Å². The molecule has 2 aromatic rings. The summed E-state index contributed by atoms with van der Waals surface area (Å²) in [5, 5.41) is 14.1. The van der Waals surface area contributed by atoms with Crippen LogP contribution in [0.1, 0.15) is 36.8 Å². The van der Waals surface area contributed by atoms with Crippen LogP contribution in [0.3, 0.4) is 0 Å². The first-order valence-electron chi connectivity index (χ1n) is 6.77. The zero-order chi connectivity index (χ0) is 15.4. The van der Waals surface area contributed by atoms with Gasteiger partial charge >= 0.3 is 0 Å².